The van der Waals surface area contributed by atoms with Crippen molar-refractivity contribution >= 4 is 17.5 Å². The van der Waals surface area contributed by atoms with Crippen LogP contribution in [0.3, 0.4) is 0 Å². The number of aliphatic hydroxyl groups is 1. The van der Waals surface area contributed by atoms with Crippen LogP contribution < -0.4 is 9.64 Å². The second-order valence-corrected chi connectivity index (χ2v) is 4.59. The molecule has 0 unspecified atom stereocenters. The summed E-state index contributed by atoms with van der Waals surface area (Å²) in [5.41, 5.74) is 0.605. The van der Waals surface area contributed by atoms with Gasteiger partial charge in [-0.3, -0.25) is 0 Å². The third-order valence-electron chi connectivity index (χ3n) is 2.34. The number of rotatable bonds is 5. The van der Waals surface area contributed by atoms with Gasteiger partial charge in [0.1, 0.15) is 0 Å². The van der Waals surface area contributed by atoms with Crippen LogP contribution in [0.5, 0.6) is 5.88 Å². The average Bonchev–Trinajstić information content (AvgIpc) is 2.86. The van der Waals surface area contributed by atoms with Crippen LogP contribution >= 0.6 is 11.5 Å². The molecule has 0 fully saturated rings. The van der Waals surface area contributed by atoms with Crippen molar-refractivity contribution in [2.45, 2.75) is 13.2 Å². The standard InChI is InChI=1S/C11H14N4O2S/c1-15(6-9-5-10(17-2)14-18-9)11-12-4-3-8(7-16)13-11/h3-5,16H,6-7H2,1-2H3. The summed E-state index contributed by atoms with van der Waals surface area (Å²) >= 11 is 1.39. The molecule has 2 rings (SSSR count). The zero-order valence-electron chi connectivity index (χ0n) is 10.2. The lowest BCUT2D eigenvalue weighted by Gasteiger charge is -2.15. The first kappa shape index (κ1) is 12.7. The highest BCUT2D eigenvalue weighted by Crippen LogP contribution is 2.19. The van der Waals surface area contributed by atoms with Crippen molar-refractivity contribution in [1.29, 1.82) is 0 Å². The van der Waals surface area contributed by atoms with Crippen LogP contribution in [0, 0.1) is 0 Å². The monoisotopic (exact) mass is 266 g/mol. The summed E-state index contributed by atoms with van der Waals surface area (Å²) in [6, 6.07) is 3.57. The molecule has 0 aliphatic heterocycles. The molecule has 0 aromatic carbocycles. The molecule has 0 aliphatic rings. The number of methoxy groups -OCH3 is 1. The first-order valence-corrected chi connectivity index (χ1v) is 6.13. The minimum absolute atomic E-state index is 0.0856. The largest absolute Gasteiger partial charge is 0.480 e. The molecular formula is C11H14N4O2S. The lowest BCUT2D eigenvalue weighted by Crippen LogP contribution is -2.18. The Kier molecular flexibility index (Phi) is 4.06. The van der Waals surface area contributed by atoms with E-state index in [1.807, 2.05) is 18.0 Å². The van der Waals surface area contributed by atoms with E-state index in [1.165, 1.54) is 11.5 Å². The molecule has 0 atom stereocenters. The highest BCUT2D eigenvalue weighted by molar-refractivity contribution is 7.05. The van der Waals surface area contributed by atoms with Gasteiger partial charge in [0.15, 0.2) is 0 Å². The molecule has 96 valence electrons. The van der Waals surface area contributed by atoms with Crippen LogP contribution in [0.1, 0.15) is 10.6 Å². The maximum absolute atomic E-state index is 9.04. The fourth-order valence-corrected chi connectivity index (χ4v) is 2.17. The second kappa shape index (κ2) is 5.74. The smallest absolute Gasteiger partial charge is 0.225 e. The Balaban J connectivity index is 2.08. The van der Waals surface area contributed by atoms with Crippen LogP contribution in [0.15, 0.2) is 18.3 Å². The molecule has 0 spiro atoms. The van der Waals surface area contributed by atoms with Gasteiger partial charge in [0.25, 0.3) is 0 Å². The van der Waals surface area contributed by atoms with Crippen molar-refractivity contribution in [2.75, 3.05) is 19.1 Å². The number of anilines is 1. The molecule has 6 nitrogen and oxygen atoms in total. The summed E-state index contributed by atoms with van der Waals surface area (Å²) in [6.07, 6.45) is 1.64. The predicted octanol–water partition coefficient (Wildman–Crippen LogP) is 1.07. The molecule has 18 heavy (non-hydrogen) atoms. The number of aromatic nitrogens is 3. The van der Waals surface area contributed by atoms with Gasteiger partial charge in [-0.2, -0.15) is 4.37 Å². The number of aliphatic hydroxyl groups excluding tert-OH is 1. The third kappa shape index (κ3) is 2.93. The quantitative estimate of drug-likeness (QED) is 0.873. The van der Waals surface area contributed by atoms with Gasteiger partial charge in [0.2, 0.25) is 11.8 Å². The fourth-order valence-electron chi connectivity index (χ4n) is 1.43. The van der Waals surface area contributed by atoms with Crippen molar-refractivity contribution in [1.82, 2.24) is 14.3 Å². The van der Waals surface area contributed by atoms with E-state index < -0.39 is 0 Å². The van der Waals surface area contributed by atoms with E-state index in [1.54, 1.807) is 19.4 Å². The maximum Gasteiger partial charge on any atom is 0.225 e. The Morgan fingerprint density at radius 3 is 3.00 bits per heavy atom. The average molecular weight is 266 g/mol. The van der Waals surface area contributed by atoms with Gasteiger partial charge >= 0.3 is 0 Å². The van der Waals surface area contributed by atoms with Crippen molar-refractivity contribution in [3.05, 3.63) is 28.9 Å². The van der Waals surface area contributed by atoms with E-state index in [-0.39, 0.29) is 6.61 Å². The van der Waals surface area contributed by atoms with Crippen molar-refractivity contribution in [3.63, 3.8) is 0 Å². The first-order valence-electron chi connectivity index (χ1n) is 5.36. The lowest BCUT2D eigenvalue weighted by molar-refractivity contribution is 0.276. The van der Waals surface area contributed by atoms with E-state index in [2.05, 4.69) is 14.3 Å². The van der Waals surface area contributed by atoms with Crippen molar-refractivity contribution < 1.29 is 9.84 Å². The van der Waals surface area contributed by atoms with Gasteiger partial charge in [-0.25, -0.2) is 9.97 Å². The Hall–Kier alpha value is -1.73. The van der Waals surface area contributed by atoms with E-state index in [0.717, 1.165) is 4.88 Å². The van der Waals surface area contributed by atoms with Crippen LogP contribution in [0.2, 0.25) is 0 Å². The number of nitrogens with zero attached hydrogens (tertiary/aromatic N) is 4. The summed E-state index contributed by atoms with van der Waals surface area (Å²) in [5, 5.41) is 9.04. The third-order valence-corrected chi connectivity index (χ3v) is 3.10. The Bertz CT molecular complexity index is 517. The summed E-state index contributed by atoms with van der Waals surface area (Å²) in [4.78, 5) is 11.4. The fraction of sp³-hybridized carbons (Fsp3) is 0.364. The van der Waals surface area contributed by atoms with E-state index in [4.69, 9.17) is 9.84 Å². The molecule has 2 heterocycles. The van der Waals surface area contributed by atoms with Crippen LogP contribution in [-0.4, -0.2) is 33.6 Å². The van der Waals surface area contributed by atoms with E-state index in [9.17, 15) is 0 Å². The molecule has 0 amide bonds. The summed E-state index contributed by atoms with van der Waals surface area (Å²) in [6.45, 7) is 0.563. The maximum atomic E-state index is 9.04. The Morgan fingerprint density at radius 1 is 1.50 bits per heavy atom. The summed E-state index contributed by atoms with van der Waals surface area (Å²) in [7, 11) is 3.49. The van der Waals surface area contributed by atoms with Gasteiger partial charge in [-0.05, 0) is 17.6 Å². The summed E-state index contributed by atoms with van der Waals surface area (Å²) in [5.74, 6) is 1.20. The topological polar surface area (TPSA) is 71.4 Å². The predicted molar refractivity (Wildman–Crippen MR) is 68.7 cm³/mol. The van der Waals surface area contributed by atoms with Crippen molar-refractivity contribution in [3.8, 4) is 5.88 Å². The van der Waals surface area contributed by atoms with Crippen LogP contribution in [0.4, 0.5) is 5.95 Å². The number of hydrogen-bond donors (Lipinski definition) is 1. The molecule has 0 bridgehead atoms. The van der Waals surface area contributed by atoms with Gasteiger partial charge in [0, 0.05) is 24.2 Å². The minimum Gasteiger partial charge on any atom is -0.480 e. The minimum atomic E-state index is -0.0856. The Morgan fingerprint density at radius 2 is 2.33 bits per heavy atom. The molecular weight excluding hydrogens is 252 g/mol. The molecule has 0 aliphatic carbocycles. The van der Waals surface area contributed by atoms with Crippen LogP contribution in [-0.2, 0) is 13.2 Å². The molecule has 7 heteroatoms. The molecule has 1 N–H and O–H groups in total. The molecule has 0 saturated carbocycles. The van der Waals surface area contributed by atoms with E-state index >= 15 is 0 Å². The lowest BCUT2D eigenvalue weighted by atomic mass is 10.4. The van der Waals surface area contributed by atoms with Gasteiger partial charge < -0.3 is 14.7 Å². The first-order chi connectivity index (χ1) is 8.72. The highest BCUT2D eigenvalue weighted by atomic mass is 32.1. The number of ether oxygens (including phenoxy) is 1. The molecule has 0 saturated heterocycles. The second-order valence-electron chi connectivity index (χ2n) is 3.70. The molecule has 2 aromatic heterocycles. The highest BCUT2D eigenvalue weighted by Gasteiger charge is 2.09. The van der Waals surface area contributed by atoms with Crippen LogP contribution in [0.25, 0.3) is 0 Å². The Labute approximate surface area is 109 Å². The zero-order chi connectivity index (χ0) is 13.0. The SMILES string of the molecule is COc1cc(CN(C)c2nccc(CO)n2)sn1. The van der Waals surface area contributed by atoms with Gasteiger partial charge in [0.05, 0.1) is 26.0 Å². The van der Waals surface area contributed by atoms with Crippen molar-refractivity contribution in [2.24, 2.45) is 0 Å². The van der Waals surface area contributed by atoms with Gasteiger partial charge in [-0.15, -0.1) is 0 Å². The molecule has 2 aromatic rings. The van der Waals surface area contributed by atoms with Gasteiger partial charge in [-0.1, -0.05) is 0 Å². The summed E-state index contributed by atoms with van der Waals surface area (Å²) < 4.78 is 9.16. The number of hydrogen-bond acceptors (Lipinski definition) is 7. The normalized spacial score (nSPS) is 10.4. The van der Waals surface area contributed by atoms with E-state index in [0.29, 0.717) is 24.1 Å². The zero-order valence-corrected chi connectivity index (χ0v) is 11.0. The molecule has 0 radical (unpaired) electrons.